The number of carbonyl (C=O) groups is 1. The maximum Gasteiger partial charge on any atom is 0.404 e. The van der Waals surface area contributed by atoms with Crippen LogP contribution < -0.4 is 5.73 Å². The van der Waals surface area contributed by atoms with Crippen LogP contribution in [0.5, 0.6) is 0 Å². The van der Waals surface area contributed by atoms with E-state index in [9.17, 15) is 4.79 Å². The maximum atomic E-state index is 10.2. The van der Waals surface area contributed by atoms with Crippen molar-refractivity contribution < 1.29 is 9.53 Å². The standard InChI is InChI=1S/C8H18N2O2.C2H6/c1-3-4-5-10(2)6-7-12-8(9)11;1-2/h3-7H2,1-2H3,(H2,9,11);1-2H3. The van der Waals surface area contributed by atoms with Crippen LogP contribution in [-0.4, -0.2) is 37.7 Å². The van der Waals surface area contributed by atoms with Gasteiger partial charge in [-0.1, -0.05) is 27.2 Å². The summed E-state index contributed by atoms with van der Waals surface area (Å²) in [6.45, 7) is 8.32. The van der Waals surface area contributed by atoms with Gasteiger partial charge in [0.2, 0.25) is 0 Å². The number of likely N-dealkylation sites (N-methyl/N-ethyl adjacent to an activating group) is 1. The Labute approximate surface area is 87.4 Å². The topological polar surface area (TPSA) is 55.6 Å². The molecule has 1 amide bonds. The lowest BCUT2D eigenvalue weighted by Crippen LogP contribution is -2.26. The van der Waals surface area contributed by atoms with Crippen LogP contribution in [0, 0.1) is 0 Å². The molecule has 0 aromatic rings. The van der Waals surface area contributed by atoms with Crippen molar-refractivity contribution in [1.82, 2.24) is 4.90 Å². The molecule has 0 aliphatic rings. The van der Waals surface area contributed by atoms with Crippen molar-refractivity contribution in [1.29, 1.82) is 0 Å². The smallest absolute Gasteiger partial charge is 0.404 e. The quantitative estimate of drug-likeness (QED) is 0.718. The molecule has 0 atom stereocenters. The molecule has 0 aliphatic heterocycles. The van der Waals surface area contributed by atoms with Crippen molar-refractivity contribution in [2.45, 2.75) is 33.6 Å². The Bertz CT molecular complexity index is 129. The van der Waals surface area contributed by atoms with E-state index in [0.717, 1.165) is 13.1 Å². The summed E-state index contributed by atoms with van der Waals surface area (Å²) in [6.07, 6.45) is 1.66. The molecule has 0 heterocycles. The molecular formula is C10H24N2O2. The normalized spacial score (nSPS) is 9.21. The molecule has 0 aliphatic carbocycles. The molecule has 0 aromatic heterocycles. The monoisotopic (exact) mass is 204 g/mol. The Morgan fingerprint density at radius 2 is 1.93 bits per heavy atom. The average Bonchev–Trinajstić information content (AvgIpc) is 2.17. The zero-order chi connectivity index (χ0) is 11.4. The van der Waals surface area contributed by atoms with Gasteiger partial charge >= 0.3 is 6.09 Å². The summed E-state index contributed by atoms with van der Waals surface area (Å²) in [5, 5.41) is 0. The molecule has 0 aromatic carbocycles. The highest BCUT2D eigenvalue weighted by Gasteiger charge is 1.98. The molecule has 0 fully saturated rings. The van der Waals surface area contributed by atoms with Gasteiger partial charge in [-0.05, 0) is 20.0 Å². The number of hydrogen-bond acceptors (Lipinski definition) is 3. The number of nitrogens with zero attached hydrogens (tertiary/aromatic N) is 1. The predicted molar refractivity (Wildman–Crippen MR) is 59.3 cm³/mol. The lowest BCUT2D eigenvalue weighted by atomic mass is 10.3. The van der Waals surface area contributed by atoms with Gasteiger partial charge < -0.3 is 15.4 Å². The van der Waals surface area contributed by atoms with Crippen molar-refractivity contribution >= 4 is 6.09 Å². The number of unbranched alkanes of at least 4 members (excludes halogenated alkanes) is 1. The van der Waals surface area contributed by atoms with E-state index in [-0.39, 0.29) is 0 Å². The molecule has 0 spiro atoms. The lowest BCUT2D eigenvalue weighted by Gasteiger charge is -2.14. The summed E-state index contributed by atoms with van der Waals surface area (Å²) >= 11 is 0. The molecule has 0 saturated carbocycles. The third-order valence-corrected chi connectivity index (χ3v) is 1.61. The minimum absolute atomic E-state index is 0.384. The Kier molecular flexibility index (Phi) is 13.7. The number of rotatable bonds is 6. The van der Waals surface area contributed by atoms with Crippen molar-refractivity contribution in [3.63, 3.8) is 0 Å². The number of nitrogens with two attached hydrogens (primary N) is 1. The van der Waals surface area contributed by atoms with Gasteiger partial charge in [-0.2, -0.15) is 0 Å². The van der Waals surface area contributed by atoms with Gasteiger partial charge in [0, 0.05) is 6.54 Å². The van der Waals surface area contributed by atoms with E-state index in [1.54, 1.807) is 0 Å². The van der Waals surface area contributed by atoms with Crippen molar-refractivity contribution in [3.8, 4) is 0 Å². The van der Waals surface area contributed by atoms with Crippen molar-refractivity contribution in [2.75, 3.05) is 26.7 Å². The van der Waals surface area contributed by atoms with Crippen LogP contribution in [0.4, 0.5) is 4.79 Å². The fraction of sp³-hybridized carbons (Fsp3) is 0.900. The van der Waals surface area contributed by atoms with Gasteiger partial charge in [-0.15, -0.1) is 0 Å². The fourth-order valence-electron chi connectivity index (χ4n) is 0.842. The highest BCUT2D eigenvalue weighted by Crippen LogP contribution is 1.90. The van der Waals surface area contributed by atoms with Crippen LogP contribution in [0.25, 0.3) is 0 Å². The molecule has 4 nitrogen and oxygen atoms in total. The summed E-state index contributed by atoms with van der Waals surface area (Å²) in [5.41, 5.74) is 4.80. The van der Waals surface area contributed by atoms with Crippen LogP contribution in [0.2, 0.25) is 0 Å². The van der Waals surface area contributed by atoms with E-state index in [1.807, 2.05) is 20.9 Å². The Hall–Kier alpha value is -0.770. The molecule has 0 rings (SSSR count). The van der Waals surface area contributed by atoms with Gasteiger partial charge in [0.25, 0.3) is 0 Å². The number of hydrogen-bond donors (Lipinski definition) is 1. The summed E-state index contributed by atoms with van der Waals surface area (Å²) in [6, 6.07) is 0. The van der Waals surface area contributed by atoms with E-state index in [2.05, 4.69) is 16.6 Å². The molecular weight excluding hydrogens is 180 g/mol. The van der Waals surface area contributed by atoms with E-state index in [4.69, 9.17) is 5.73 Å². The van der Waals surface area contributed by atoms with Crippen LogP contribution >= 0.6 is 0 Å². The molecule has 2 N–H and O–H groups in total. The summed E-state index contributed by atoms with van der Waals surface area (Å²) in [7, 11) is 2.00. The highest BCUT2D eigenvalue weighted by atomic mass is 16.5. The number of amides is 1. The summed E-state index contributed by atoms with van der Waals surface area (Å²) < 4.78 is 4.59. The van der Waals surface area contributed by atoms with Crippen LogP contribution in [-0.2, 0) is 4.74 Å². The second kappa shape index (κ2) is 12.2. The minimum atomic E-state index is -0.695. The maximum absolute atomic E-state index is 10.2. The first-order valence-corrected chi connectivity index (χ1v) is 5.27. The molecule has 14 heavy (non-hydrogen) atoms. The Morgan fingerprint density at radius 1 is 1.36 bits per heavy atom. The molecule has 0 saturated heterocycles. The van der Waals surface area contributed by atoms with Gasteiger partial charge in [0.05, 0.1) is 0 Å². The van der Waals surface area contributed by atoms with E-state index >= 15 is 0 Å². The SMILES string of the molecule is CC.CCCCN(C)CCOC(N)=O. The Morgan fingerprint density at radius 3 is 2.36 bits per heavy atom. The zero-order valence-corrected chi connectivity index (χ0v) is 9.88. The second-order valence-corrected chi connectivity index (χ2v) is 2.82. The van der Waals surface area contributed by atoms with Crippen molar-refractivity contribution in [2.24, 2.45) is 5.73 Å². The molecule has 0 unspecified atom stereocenters. The van der Waals surface area contributed by atoms with Crippen molar-refractivity contribution in [3.05, 3.63) is 0 Å². The first-order valence-electron chi connectivity index (χ1n) is 5.27. The first-order chi connectivity index (χ1) is 6.66. The van der Waals surface area contributed by atoms with E-state index in [0.29, 0.717) is 6.61 Å². The number of ether oxygens (including phenoxy) is 1. The zero-order valence-electron chi connectivity index (χ0n) is 9.88. The number of carbonyl (C=O) groups excluding carboxylic acids is 1. The molecule has 0 radical (unpaired) electrons. The Balaban J connectivity index is 0. The highest BCUT2D eigenvalue weighted by molar-refractivity contribution is 5.64. The van der Waals surface area contributed by atoms with Crippen LogP contribution in [0.1, 0.15) is 33.6 Å². The van der Waals surface area contributed by atoms with Gasteiger partial charge in [-0.3, -0.25) is 0 Å². The minimum Gasteiger partial charge on any atom is -0.448 e. The molecule has 4 heteroatoms. The first kappa shape index (κ1) is 15.7. The van der Waals surface area contributed by atoms with E-state index in [1.165, 1.54) is 12.8 Å². The molecule has 0 bridgehead atoms. The van der Waals surface area contributed by atoms with E-state index < -0.39 is 6.09 Å². The van der Waals surface area contributed by atoms with Gasteiger partial charge in [0.15, 0.2) is 0 Å². The third-order valence-electron chi connectivity index (χ3n) is 1.61. The third kappa shape index (κ3) is 13.8. The largest absolute Gasteiger partial charge is 0.448 e. The molecule has 86 valence electrons. The van der Waals surface area contributed by atoms with Gasteiger partial charge in [-0.25, -0.2) is 4.79 Å². The van der Waals surface area contributed by atoms with Gasteiger partial charge in [0.1, 0.15) is 6.61 Å². The summed E-state index contributed by atoms with van der Waals surface area (Å²) in [4.78, 5) is 12.3. The van der Waals surface area contributed by atoms with Crippen LogP contribution in [0.3, 0.4) is 0 Å². The average molecular weight is 204 g/mol. The second-order valence-electron chi connectivity index (χ2n) is 2.82. The predicted octanol–water partition coefficient (Wildman–Crippen LogP) is 1.84. The summed E-state index contributed by atoms with van der Waals surface area (Å²) in [5.74, 6) is 0. The lowest BCUT2D eigenvalue weighted by molar-refractivity contribution is 0.142. The van der Waals surface area contributed by atoms with Crippen LogP contribution in [0.15, 0.2) is 0 Å². The fourth-order valence-corrected chi connectivity index (χ4v) is 0.842. The number of primary amides is 1.